The van der Waals surface area contributed by atoms with Crippen molar-refractivity contribution in [3.8, 4) is 11.5 Å². The summed E-state index contributed by atoms with van der Waals surface area (Å²) in [4.78, 5) is 33.1. The van der Waals surface area contributed by atoms with E-state index in [1.807, 2.05) is 79.7 Å². The molecule has 4 aromatic carbocycles. The van der Waals surface area contributed by atoms with Gasteiger partial charge in [-0.3, -0.25) is 14.2 Å². The Morgan fingerprint density at radius 1 is 1.02 bits per heavy atom. The van der Waals surface area contributed by atoms with Crippen LogP contribution in [0.2, 0.25) is 0 Å². The van der Waals surface area contributed by atoms with Gasteiger partial charge in [-0.05, 0) is 101 Å². The molecule has 0 aliphatic carbocycles. The maximum Gasteiger partial charge on any atom is 0.271 e. The van der Waals surface area contributed by atoms with Gasteiger partial charge in [-0.2, -0.15) is 0 Å². The van der Waals surface area contributed by atoms with Crippen molar-refractivity contribution in [2.24, 2.45) is 4.99 Å². The summed E-state index contributed by atoms with van der Waals surface area (Å²) < 4.78 is 27.6. The van der Waals surface area contributed by atoms with Crippen molar-refractivity contribution in [2.75, 3.05) is 11.9 Å². The molecule has 0 saturated carbocycles. The quantitative estimate of drug-likeness (QED) is 0.185. The van der Waals surface area contributed by atoms with Gasteiger partial charge in [0.2, 0.25) is 0 Å². The number of hydrogen-bond donors (Lipinski definition) is 1. The van der Waals surface area contributed by atoms with Crippen LogP contribution in [0.1, 0.15) is 36.6 Å². The number of allylic oxidation sites excluding steroid dienone is 1. The topological polar surface area (TPSA) is 81.9 Å². The molecule has 0 radical (unpaired) electrons. The van der Waals surface area contributed by atoms with Crippen LogP contribution < -0.4 is 29.7 Å². The molecule has 0 spiro atoms. The molecule has 6 rings (SSSR count). The molecule has 5 aromatic rings. The predicted molar refractivity (Wildman–Crippen MR) is 181 cm³/mol. The smallest absolute Gasteiger partial charge is 0.271 e. The predicted octanol–water partition coefficient (Wildman–Crippen LogP) is 6.75. The third kappa shape index (κ3) is 6.73. The molecule has 7 nitrogen and oxygen atoms in total. The minimum atomic E-state index is -0.702. The van der Waals surface area contributed by atoms with E-state index >= 15 is 0 Å². The fraction of sp³-hybridized carbons (Fsp3) is 0.139. The van der Waals surface area contributed by atoms with Gasteiger partial charge in [0.05, 0.1) is 32.9 Å². The van der Waals surface area contributed by atoms with Crippen LogP contribution in [0, 0.1) is 5.82 Å². The van der Waals surface area contributed by atoms with E-state index in [0.717, 1.165) is 16.7 Å². The lowest BCUT2D eigenvalue weighted by Gasteiger charge is -2.25. The summed E-state index contributed by atoms with van der Waals surface area (Å²) in [5, 5.41) is 2.97. The second-order valence-electron chi connectivity index (χ2n) is 10.5. The monoisotopic (exact) mass is 697 g/mol. The van der Waals surface area contributed by atoms with E-state index in [-0.39, 0.29) is 23.9 Å². The van der Waals surface area contributed by atoms with Gasteiger partial charge in [0.1, 0.15) is 23.9 Å². The van der Waals surface area contributed by atoms with Crippen molar-refractivity contribution in [2.45, 2.75) is 26.5 Å². The molecule has 0 fully saturated rings. The van der Waals surface area contributed by atoms with E-state index in [9.17, 15) is 14.0 Å². The largest absolute Gasteiger partial charge is 0.494 e. The number of thiazole rings is 1. The molecule has 2 heterocycles. The first-order valence-electron chi connectivity index (χ1n) is 14.6. The first-order valence-corrected chi connectivity index (χ1v) is 16.2. The number of carbonyl (C=O) groups is 1. The summed E-state index contributed by atoms with van der Waals surface area (Å²) in [6.45, 7) is 4.51. The van der Waals surface area contributed by atoms with E-state index in [0.29, 0.717) is 48.9 Å². The van der Waals surface area contributed by atoms with Crippen LogP contribution in [0.3, 0.4) is 0 Å². The molecule has 0 saturated heterocycles. The molecule has 46 heavy (non-hydrogen) atoms. The Morgan fingerprint density at radius 2 is 1.76 bits per heavy atom. The Labute approximate surface area is 277 Å². The SMILES string of the molecule is CCOc1ccc(C2C(C(=O)Nc3ccccc3)=C(C)N=c3s/c(=C\c4ccc(OCc5ccc(F)cc5)c(Br)c4)c(=O)n32)cc1. The van der Waals surface area contributed by atoms with Gasteiger partial charge in [0.25, 0.3) is 11.5 Å². The fourth-order valence-corrected chi connectivity index (χ4v) is 6.73. The highest BCUT2D eigenvalue weighted by molar-refractivity contribution is 9.10. The highest BCUT2D eigenvalue weighted by atomic mass is 79.9. The number of nitrogens with zero attached hydrogens (tertiary/aromatic N) is 2. The molecule has 1 aliphatic rings. The van der Waals surface area contributed by atoms with E-state index in [4.69, 9.17) is 14.5 Å². The Kier molecular flexibility index (Phi) is 9.28. The van der Waals surface area contributed by atoms with Crippen LogP contribution in [0.25, 0.3) is 6.08 Å². The van der Waals surface area contributed by atoms with E-state index in [1.165, 1.54) is 23.5 Å². The standard InChI is InChI=1S/C36H29BrFN3O4S/c1-3-44-28-16-12-25(13-17-28)33-32(34(42)40-27-7-5-4-6-8-27)22(2)39-36-41(33)35(43)31(46-36)20-24-11-18-30(29(37)19-24)45-21-23-9-14-26(38)15-10-23/h4-20,33H,3,21H2,1-2H3,(H,40,42)/b31-20-. The molecule has 1 amide bonds. The van der Waals surface area contributed by atoms with E-state index < -0.39 is 6.04 Å². The number of anilines is 1. The molecule has 1 aromatic heterocycles. The van der Waals surface area contributed by atoms with Crippen molar-refractivity contribution in [1.29, 1.82) is 0 Å². The Balaban J connectivity index is 1.36. The maximum absolute atomic E-state index is 14.1. The second kappa shape index (κ2) is 13.7. The number of amides is 1. The first kappa shape index (κ1) is 31.2. The number of ether oxygens (including phenoxy) is 2. The molecule has 1 aliphatic heterocycles. The number of hydrogen-bond acceptors (Lipinski definition) is 6. The lowest BCUT2D eigenvalue weighted by atomic mass is 9.95. The summed E-state index contributed by atoms with van der Waals surface area (Å²) in [7, 11) is 0. The zero-order valence-corrected chi connectivity index (χ0v) is 27.4. The third-order valence-electron chi connectivity index (χ3n) is 7.37. The molecule has 1 atom stereocenters. The van der Waals surface area contributed by atoms with Crippen LogP contribution in [-0.2, 0) is 11.4 Å². The lowest BCUT2D eigenvalue weighted by Crippen LogP contribution is -2.40. The minimum absolute atomic E-state index is 0.257. The molecule has 232 valence electrons. The average Bonchev–Trinajstić information content (AvgIpc) is 3.35. The zero-order chi connectivity index (χ0) is 32.2. The number of aromatic nitrogens is 1. The minimum Gasteiger partial charge on any atom is -0.494 e. The number of nitrogens with one attached hydrogen (secondary N) is 1. The highest BCUT2D eigenvalue weighted by Gasteiger charge is 2.32. The van der Waals surface area contributed by atoms with Crippen LogP contribution in [-0.4, -0.2) is 17.1 Å². The number of para-hydroxylation sites is 1. The number of fused-ring (bicyclic) bond motifs is 1. The molecule has 1 unspecified atom stereocenters. The summed E-state index contributed by atoms with van der Waals surface area (Å²) >= 11 is 4.84. The summed E-state index contributed by atoms with van der Waals surface area (Å²) in [5.74, 6) is 0.682. The Bertz CT molecular complexity index is 2110. The highest BCUT2D eigenvalue weighted by Crippen LogP contribution is 2.32. The van der Waals surface area contributed by atoms with Crippen molar-refractivity contribution in [3.63, 3.8) is 0 Å². The van der Waals surface area contributed by atoms with Gasteiger partial charge >= 0.3 is 0 Å². The molecular formula is C36H29BrFN3O4S. The summed E-state index contributed by atoms with van der Waals surface area (Å²) in [5.41, 5.74) is 3.69. The van der Waals surface area contributed by atoms with Crippen LogP contribution in [0.4, 0.5) is 10.1 Å². The number of benzene rings is 4. The molecular weight excluding hydrogens is 669 g/mol. The van der Waals surface area contributed by atoms with E-state index in [1.54, 1.807) is 29.7 Å². The van der Waals surface area contributed by atoms with E-state index in [2.05, 4.69) is 21.2 Å². The van der Waals surface area contributed by atoms with Crippen molar-refractivity contribution in [1.82, 2.24) is 4.57 Å². The van der Waals surface area contributed by atoms with Gasteiger partial charge in [-0.25, -0.2) is 9.38 Å². The van der Waals surface area contributed by atoms with Crippen LogP contribution >= 0.6 is 27.3 Å². The number of halogens is 2. The summed E-state index contributed by atoms with van der Waals surface area (Å²) in [6, 6.07) is 27.6. The van der Waals surface area contributed by atoms with Gasteiger partial charge in [0, 0.05) is 5.69 Å². The average molecular weight is 699 g/mol. The van der Waals surface area contributed by atoms with Gasteiger partial charge in [-0.15, -0.1) is 0 Å². The Hall–Kier alpha value is -4.80. The zero-order valence-electron chi connectivity index (χ0n) is 25.0. The van der Waals surface area contributed by atoms with Gasteiger partial charge in [0.15, 0.2) is 4.80 Å². The van der Waals surface area contributed by atoms with Crippen molar-refractivity contribution >= 4 is 44.9 Å². The van der Waals surface area contributed by atoms with Gasteiger partial charge in [-0.1, -0.05) is 59.9 Å². The normalized spacial score (nSPS) is 14.4. The second-order valence-corrected chi connectivity index (χ2v) is 12.4. The van der Waals surface area contributed by atoms with Gasteiger partial charge < -0.3 is 14.8 Å². The fourth-order valence-electron chi connectivity index (χ4n) is 5.18. The first-order chi connectivity index (χ1) is 22.3. The van der Waals surface area contributed by atoms with Crippen molar-refractivity contribution < 1.29 is 18.7 Å². The molecule has 10 heteroatoms. The third-order valence-corrected chi connectivity index (χ3v) is 8.97. The van der Waals surface area contributed by atoms with Crippen LogP contribution in [0.5, 0.6) is 11.5 Å². The lowest BCUT2D eigenvalue weighted by molar-refractivity contribution is -0.113. The van der Waals surface area contributed by atoms with Crippen LogP contribution in [0.15, 0.2) is 123 Å². The number of rotatable bonds is 9. The maximum atomic E-state index is 14.1. The molecule has 1 N–H and O–H groups in total. The Morgan fingerprint density at radius 3 is 2.46 bits per heavy atom. The summed E-state index contributed by atoms with van der Waals surface area (Å²) in [6.07, 6.45) is 1.80. The molecule has 0 bridgehead atoms. The number of carbonyl (C=O) groups excluding carboxylic acids is 1. The van der Waals surface area contributed by atoms with Crippen molar-refractivity contribution in [3.05, 3.63) is 155 Å².